The van der Waals surface area contributed by atoms with Crippen LogP contribution in [-0.2, 0) is 6.54 Å². The molecular formula is C21H16Cl2N2O3. The third-order valence-corrected chi connectivity index (χ3v) is 4.67. The summed E-state index contributed by atoms with van der Waals surface area (Å²) in [5, 5.41) is 3.57. The van der Waals surface area contributed by atoms with E-state index >= 15 is 0 Å². The molecule has 1 N–H and O–H groups in total. The van der Waals surface area contributed by atoms with Crippen LogP contribution in [0, 0.1) is 0 Å². The van der Waals surface area contributed by atoms with Gasteiger partial charge in [0.15, 0.2) is 6.29 Å². The van der Waals surface area contributed by atoms with E-state index in [0.717, 1.165) is 23.0 Å². The molecule has 0 fully saturated rings. The number of hydrogen-bond acceptors (Lipinski definition) is 4. The number of carbonyl (C=O) groups is 2. The minimum Gasteiger partial charge on any atom is -0.496 e. The van der Waals surface area contributed by atoms with Crippen LogP contribution in [0.4, 0.5) is 0 Å². The number of halogens is 2. The molecule has 1 heterocycles. The molecule has 0 aliphatic heterocycles. The number of methoxy groups -OCH3 is 1. The first-order chi connectivity index (χ1) is 13.5. The predicted molar refractivity (Wildman–Crippen MR) is 109 cm³/mol. The van der Waals surface area contributed by atoms with Crippen LogP contribution in [0.25, 0.3) is 11.1 Å². The maximum atomic E-state index is 12.5. The Labute approximate surface area is 172 Å². The van der Waals surface area contributed by atoms with Crippen molar-refractivity contribution in [2.24, 2.45) is 0 Å². The Kier molecular flexibility index (Phi) is 6.29. The second-order valence-electron chi connectivity index (χ2n) is 5.96. The molecule has 2 aromatic carbocycles. The van der Waals surface area contributed by atoms with Crippen molar-refractivity contribution >= 4 is 35.4 Å². The SMILES string of the molecule is COc1ccc(-c2cncc(C=O)c2)cc1CNC(=O)c1ccc(Cl)cc1Cl. The largest absolute Gasteiger partial charge is 0.496 e. The second kappa shape index (κ2) is 8.87. The van der Waals surface area contributed by atoms with Crippen molar-refractivity contribution in [2.45, 2.75) is 6.54 Å². The third-order valence-electron chi connectivity index (χ3n) is 4.12. The number of carbonyl (C=O) groups excluding carboxylic acids is 2. The maximum absolute atomic E-state index is 12.5. The maximum Gasteiger partial charge on any atom is 0.253 e. The van der Waals surface area contributed by atoms with Gasteiger partial charge in [0.05, 0.1) is 17.7 Å². The van der Waals surface area contributed by atoms with E-state index in [0.29, 0.717) is 21.9 Å². The highest BCUT2D eigenvalue weighted by atomic mass is 35.5. The number of benzene rings is 2. The van der Waals surface area contributed by atoms with Gasteiger partial charge in [0.25, 0.3) is 5.91 Å². The first-order valence-electron chi connectivity index (χ1n) is 8.32. The summed E-state index contributed by atoms with van der Waals surface area (Å²) >= 11 is 12.0. The number of aromatic nitrogens is 1. The van der Waals surface area contributed by atoms with E-state index in [9.17, 15) is 9.59 Å². The molecule has 0 aliphatic carbocycles. The number of amides is 1. The van der Waals surface area contributed by atoms with E-state index in [1.807, 2.05) is 12.1 Å². The molecule has 0 spiro atoms. The second-order valence-corrected chi connectivity index (χ2v) is 6.80. The summed E-state index contributed by atoms with van der Waals surface area (Å²) in [5.41, 5.74) is 3.24. The fourth-order valence-corrected chi connectivity index (χ4v) is 3.22. The first-order valence-corrected chi connectivity index (χ1v) is 9.08. The van der Waals surface area contributed by atoms with Gasteiger partial charge in [0.1, 0.15) is 5.75 Å². The summed E-state index contributed by atoms with van der Waals surface area (Å²) in [6.07, 6.45) is 3.92. The van der Waals surface area contributed by atoms with Crippen LogP contribution in [0.5, 0.6) is 5.75 Å². The normalized spacial score (nSPS) is 10.4. The Bertz CT molecular complexity index is 1040. The highest BCUT2D eigenvalue weighted by Crippen LogP contribution is 2.27. The summed E-state index contributed by atoms with van der Waals surface area (Å²) in [4.78, 5) is 27.5. The molecule has 0 saturated carbocycles. The minimum absolute atomic E-state index is 0.232. The van der Waals surface area contributed by atoms with Gasteiger partial charge < -0.3 is 10.1 Å². The van der Waals surface area contributed by atoms with Crippen molar-refractivity contribution in [3.05, 3.63) is 81.6 Å². The van der Waals surface area contributed by atoms with E-state index in [4.69, 9.17) is 27.9 Å². The Morgan fingerprint density at radius 2 is 1.93 bits per heavy atom. The molecule has 7 heteroatoms. The summed E-state index contributed by atoms with van der Waals surface area (Å²) in [7, 11) is 1.56. The average Bonchev–Trinajstić information content (AvgIpc) is 2.71. The number of ether oxygens (including phenoxy) is 1. The topological polar surface area (TPSA) is 68.3 Å². The number of pyridine rings is 1. The van der Waals surface area contributed by atoms with Gasteiger partial charge in [-0.05, 0) is 42.0 Å². The van der Waals surface area contributed by atoms with Gasteiger partial charge in [-0.1, -0.05) is 29.3 Å². The van der Waals surface area contributed by atoms with E-state index in [-0.39, 0.29) is 17.5 Å². The zero-order chi connectivity index (χ0) is 20.1. The number of aldehydes is 1. The van der Waals surface area contributed by atoms with E-state index in [1.165, 1.54) is 12.3 Å². The Balaban J connectivity index is 1.84. The lowest BCUT2D eigenvalue weighted by Crippen LogP contribution is -2.23. The van der Waals surface area contributed by atoms with Crippen LogP contribution in [0.2, 0.25) is 10.0 Å². The van der Waals surface area contributed by atoms with E-state index in [1.54, 1.807) is 37.6 Å². The summed E-state index contributed by atoms with van der Waals surface area (Å²) in [6.45, 7) is 0.232. The molecule has 3 aromatic rings. The standard InChI is InChI=1S/C21H16Cl2N2O3/c1-28-20-5-2-14(15-6-13(12-26)9-24-10-15)7-16(20)11-25-21(27)18-4-3-17(22)8-19(18)23/h2-10,12H,11H2,1H3,(H,25,27). The Hall–Kier alpha value is -2.89. The molecule has 0 saturated heterocycles. The molecule has 0 unspecified atom stereocenters. The number of nitrogens with one attached hydrogen (secondary N) is 1. The van der Waals surface area contributed by atoms with Crippen molar-refractivity contribution < 1.29 is 14.3 Å². The minimum atomic E-state index is -0.321. The molecular weight excluding hydrogens is 399 g/mol. The molecule has 142 valence electrons. The summed E-state index contributed by atoms with van der Waals surface area (Å²) < 4.78 is 5.39. The van der Waals surface area contributed by atoms with Crippen molar-refractivity contribution in [3.8, 4) is 16.9 Å². The fourth-order valence-electron chi connectivity index (χ4n) is 2.72. The zero-order valence-corrected chi connectivity index (χ0v) is 16.4. The highest BCUT2D eigenvalue weighted by molar-refractivity contribution is 6.36. The van der Waals surface area contributed by atoms with Crippen LogP contribution in [0.15, 0.2) is 54.9 Å². The van der Waals surface area contributed by atoms with Gasteiger partial charge in [0, 0.05) is 40.7 Å². The van der Waals surface area contributed by atoms with E-state index in [2.05, 4.69) is 10.3 Å². The van der Waals surface area contributed by atoms with Gasteiger partial charge in [0.2, 0.25) is 0 Å². The fraction of sp³-hybridized carbons (Fsp3) is 0.0952. The lowest BCUT2D eigenvalue weighted by molar-refractivity contribution is 0.0950. The smallest absolute Gasteiger partial charge is 0.253 e. The predicted octanol–water partition coefficient (Wildman–Crippen LogP) is 4.81. The van der Waals surface area contributed by atoms with Crippen LogP contribution in [0.3, 0.4) is 0 Å². The van der Waals surface area contributed by atoms with Gasteiger partial charge in [-0.2, -0.15) is 0 Å². The van der Waals surface area contributed by atoms with Gasteiger partial charge in [-0.25, -0.2) is 0 Å². The Morgan fingerprint density at radius 1 is 1.11 bits per heavy atom. The number of nitrogens with zero attached hydrogens (tertiary/aromatic N) is 1. The summed E-state index contributed by atoms with van der Waals surface area (Å²) in [5.74, 6) is 0.310. The molecule has 0 atom stereocenters. The molecule has 28 heavy (non-hydrogen) atoms. The molecule has 1 amide bonds. The van der Waals surface area contributed by atoms with E-state index < -0.39 is 0 Å². The lowest BCUT2D eigenvalue weighted by atomic mass is 10.0. The number of rotatable bonds is 6. The number of hydrogen-bond donors (Lipinski definition) is 1. The van der Waals surface area contributed by atoms with Gasteiger partial charge in [-0.15, -0.1) is 0 Å². The van der Waals surface area contributed by atoms with Crippen LogP contribution in [0.1, 0.15) is 26.3 Å². The van der Waals surface area contributed by atoms with Crippen LogP contribution < -0.4 is 10.1 Å². The first kappa shape index (κ1) is 19.9. The van der Waals surface area contributed by atoms with Crippen molar-refractivity contribution in [3.63, 3.8) is 0 Å². The van der Waals surface area contributed by atoms with Crippen molar-refractivity contribution in [1.82, 2.24) is 10.3 Å². The third kappa shape index (κ3) is 4.50. The molecule has 0 aliphatic rings. The average molecular weight is 415 g/mol. The van der Waals surface area contributed by atoms with Gasteiger partial charge >= 0.3 is 0 Å². The van der Waals surface area contributed by atoms with Crippen molar-refractivity contribution in [1.29, 1.82) is 0 Å². The molecule has 0 radical (unpaired) electrons. The van der Waals surface area contributed by atoms with Crippen LogP contribution in [-0.4, -0.2) is 24.3 Å². The van der Waals surface area contributed by atoms with Crippen LogP contribution >= 0.6 is 23.2 Å². The van der Waals surface area contributed by atoms with Gasteiger partial charge in [-0.3, -0.25) is 14.6 Å². The lowest BCUT2D eigenvalue weighted by Gasteiger charge is -2.13. The zero-order valence-electron chi connectivity index (χ0n) is 14.9. The molecule has 0 bridgehead atoms. The quantitative estimate of drug-likeness (QED) is 0.587. The highest BCUT2D eigenvalue weighted by Gasteiger charge is 2.13. The molecule has 3 rings (SSSR count). The molecule has 5 nitrogen and oxygen atoms in total. The Morgan fingerprint density at radius 3 is 2.64 bits per heavy atom. The monoisotopic (exact) mass is 414 g/mol. The van der Waals surface area contributed by atoms with Crippen molar-refractivity contribution in [2.75, 3.05) is 7.11 Å². The summed E-state index contributed by atoms with van der Waals surface area (Å²) in [6, 6.07) is 12.0. The molecule has 1 aromatic heterocycles.